The predicted octanol–water partition coefficient (Wildman–Crippen LogP) is -4.20. The van der Waals surface area contributed by atoms with Gasteiger partial charge in [0.2, 0.25) is 0 Å². The van der Waals surface area contributed by atoms with Crippen LogP contribution in [0, 0.1) is 0 Å². The summed E-state index contributed by atoms with van der Waals surface area (Å²) in [5, 5.41) is 36.8. The smallest absolute Gasteiger partial charge is 0.333 e. The summed E-state index contributed by atoms with van der Waals surface area (Å²) < 4.78 is 35.6. The van der Waals surface area contributed by atoms with Crippen LogP contribution in [0.2, 0.25) is 0 Å². The average Bonchev–Trinajstić information content (AvgIpc) is 2.17. The van der Waals surface area contributed by atoms with E-state index >= 15 is 0 Å². The Hall–Kier alpha value is 0.670. The van der Waals surface area contributed by atoms with Crippen molar-refractivity contribution in [2.24, 2.45) is 0 Å². The molecule has 5 atom stereocenters. The van der Waals surface area contributed by atoms with Crippen LogP contribution in [0.5, 0.6) is 0 Å². The molecule has 9 nitrogen and oxygen atoms in total. The Labute approximate surface area is 120 Å². The fourth-order valence-electron chi connectivity index (χ4n) is 1.40. The summed E-state index contributed by atoms with van der Waals surface area (Å²) in [4.78, 5) is 0. The summed E-state index contributed by atoms with van der Waals surface area (Å²) in [5.41, 5.74) is 0. The molecule has 0 amide bonds. The molecule has 17 heavy (non-hydrogen) atoms. The molecule has 0 saturated carbocycles. The summed E-state index contributed by atoms with van der Waals surface area (Å²) in [5.74, 6) is 0. The molecule has 6 N–H and O–H groups in total. The van der Waals surface area contributed by atoms with Crippen molar-refractivity contribution in [2.45, 2.75) is 30.6 Å². The van der Waals surface area contributed by atoms with E-state index in [-0.39, 0.29) is 29.6 Å². The summed E-state index contributed by atoms with van der Waals surface area (Å²) in [6, 6.07) is -1.62. The van der Waals surface area contributed by atoms with Crippen molar-refractivity contribution in [3.05, 3.63) is 0 Å². The van der Waals surface area contributed by atoms with Gasteiger partial charge in [0.15, 0.2) is 6.29 Å². The van der Waals surface area contributed by atoms with Crippen molar-refractivity contribution in [1.29, 1.82) is 0 Å². The van der Waals surface area contributed by atoms with Gasteiger partial charge in [-0.2, -0.15) is 13.1 Å². The molecule has 0 spiro atoms. The molecule has 1 radical (unpaired) electrons. The Kier molecular flexibility index (Phi) is 6.99. The molecule has 1 rings (SSSR count). The molecule has 0 aromatic rings. The quantitative estimate of drug-likeness (QED) is 0.225. The molecule has 1 fully saturated rings. The van der Waals surface area contributed by atoms with Crippen molar-refractivity contribution in [3.63, 3.8) is 0 Å². The van der Waals surface area contributed by atoms with E-state index in [0.717, 1.165) is 0 Å². The van der Waals surface area contributed by atoms with Gasteiger partial charge in [-0.05, 0) is 0 Å². The topological polar surface area (TPSA) is 157 Å². The maximum Gasteiger partial charge on any atom is 0.333 e. The number of hydrogen-bond donors (Lipinski definition) is 6. The van der Waals surface area contributed by atoms with Crippen LogP contribution in [0.4, 0.5) is 0 Å². The maximum atomic E-state index is 10.5. The second-order valence-electron chi connectivity index (χ2n) is 3.35. The molecule has 0 aromatic heterocycles. The zero-order valence-corrected chi connectivity index (χ0v) is 11.8. The zero-order chi connectivity index (χ0) is 12.5. The van der Waals surface area contributed by atoms with Crippen molar-refractivity contribution in [1.82, 2.24) is 4.72 Å². The molecule has 1 aliphatic rings. The van der Waals surface area contributed by atoms with E-state index in [2.05, 4.69) is 4.74 Å². The van der Waals surface area contributed by atoms with Crippen LogP contribution >= 0.6 is 0 Å². The van der Waals surface area contributed by atoms with Gasteiger partial charge in [0.1, 0.15) is 24.4 Å². The van der Waals surface area contributed by atoms with Gasteiger partial charge in [-0.3, -0.25) is 4.55 Å². The number of aliphatic hydroxyl groups excluding tert-OH is 4. The molecule has 1 heterocycles. The average molecular weight is 282 g/mol. The fraction of sp³-hybridized carbons (Fsp3) is 1.00. The monoisotopic (exact) mass is 282 g/mol. The Morgan fingerprint density at radius 1 is 1.18 bits per heavy atom. The van der Waals surface area contributed by atoms with Gasteiger partial charge >= 0.3 is 10.3 Å². The van der Waals surface area contributed by atoms with E-state index in [9.17, 15) is 23.7 Å². The maximum absolute atomic E-state index is 10.5. The minimum Gasteiger partial charge on any atom is -0.394 e. The summed E-state index contributed by atoms with van der Waals surface area (Å²) >= 11 is 0. The van der Waals surface area contributed by atoms with Gasteiger partial charge < -0.3 is 25.2 Å². The molecule has 0 bridgehead atoms. The third-order valence-electron chi connectivity index (χ3n) is 2.19. The first-order valence-corrected chi connectivity index (χ1v) is 5.75. The van der Waals surface area contributed by atoms with E-state index in [1.54, 1.807) is 0 Å². The van der Waals surface area contributed by atoms with E-state index in [0.29, 0.717) is 0 Å². The minimum atomic E-state index is -4.66. The number of aliphatic hydroxyl groups is 4. The molecule has 1 aliphatic heterocycles. The van der Waals surface area contributed by atoms with Crippen molar-refractivity contribution in [3.8, 4) is 0 Å². The van der Waals surface area contributed by atoms with E-state index in [4.69, 9.17) is 9.66 Å². The van der Waals surface area contributed by atoms with Crippen LogP contribution in [0.25, 0.3) is 0 Å². The van der Waals surface area contributed by atoms with Crippen LogP contribution in [0.3, 0.4) is 0 Å². The van der Waals surface area contributed by atoms with Gasteiger partial charge in [0, 0.05) is 29.6 Å². The van der Waals surface area contributed by atoms with Gasteiger partial charge in [0.05, 0.1) is 6.61 Å². The zero-order valence-electron chi connectivity index (χ0n) is 8.96. The molecule has 97 valence electrons. The second-order valence-corrected chi connectivity index (χ2v) is 4.53. The van der Waals surface area contributed by atoms with Crippen molar-refractivity contribution in [2.75, 3.05) is 6.61 Å². The second kappa shape index (κ2) is 6.73. The Morgan fingerprint density at radius 2 is 1.71 bits per heavy atom. The van der Waals surface area contributed by atoms with Gasteiger partial charge in [-0.25, -0.2) is 0 Å². The first kappa shape index (κ1) is 17.7. The van der Waals surface area contributed by atoms with E-state index < -0.39 is 47.6 Å². The van der Waals surface area contributed by atoms with Gasteiger partial charge in [-0.15, -0.1) is 0 Å². The fourth-order valence-corrected chi connectivity index (χ4v) is 2.00. The SMILES string of the molecule is O=S(=O)(O)N[C@@H]1[C@@H](O)[C@H](O)[C@@H](CO)O[C@H]1O.[Na]. The Morgan fingerprint density at radius 3 is 2.12 bits per heavy atom. The number of rotatable bonds is 3. The standard InChI is InChI=1S/C6H13NO8S.Na/c8-1-2-4(9)5(10)3(6(11)15-2)7-16(12,13)14;/h2-11H,1H2,(H,12,13,14);/t2-,3-,4-,5-,6-;/m1./s1. The van der Waals surface area contributed by atoms with Crippen LogP contribution < -0.4 is 4.72 Å². The number of ether oxygens (including phenoxy) is 1. The Balaban J connectivity index is 0.00000256. The van der Waals surface area contributed by atoms with E-state index in [1.165, 1.54) is 4.72 Å². The number of nitrogens with one attached hydrogen (secondary N) is 1. The van der Waals surface area contributed by atoms with Crippen molar-refractivity contribution >= 4 is 39.9 Å². The van der Waals surface area contributed by atoms with E-state index in [1.807, 2.05) is 0 Å². The molecule has 0 aromatic carbocycles. The van der Waals surface area contributed by atoms with Crippen LogP contribution in [0.15, 0.2) is 0 Å². The molecular weight excluding hydrogens is 269 g/mol. The first-order valence-electron chi connectivity index (χ1n) is 4.31. The summed E-state index contributed by atoms with van der Waals surface area (Å²) in [6.45, 7) is -0.659. The first-order chi connectivity index (χ1) is 7.26. The third kappa shape index (κ3) is 4.69. The Bertz CT molecular complexity index is 337. The van der Waals surface area contributed by atoms with Gasteiger partial charge in [-0.1, -0.05) is 0 Å². The molecule has 1 saturated heterocycles. The predicted molar refractivity (Wildman–Crippen MR) is 54.2 cm³/mol. The van der Waals surface area contributed by atoms with Crippen LogP contribution in [0.1, 0.15) is 0 Å². The van der Waals surface area contributed by atoms with Gasteiger partial charge in [0.25, 0.3) is 0 Å². The third-order valence-corrected chi connectivity index (χ3v) is 2.76. The number of hydrogen-bond acceptors (Lipinski definition) is 7. The van der Waals surface area contributed by atoms with Crippen LogP contribution in [-0.4, -0.2) is 100 Å². The van der Waals surface area contributed by atoms with Crippen molar-refractivity contribution < 1.29 is 38.1 Å². The minimum absolute atomic E-state index is 0. The molecule has 0 aliphatic carbocycles. The normalized spacial score (nSPS) is 38.5. The molecule has 11 heteroatoms. The summed E-state index contributed by atoms with van der Waals surface area (Å²) in [6.07, 6.45) is -6.34. The largest absolute Gasteiger partial charge is 0.394 e. The summed E-state index contributed by atoms with van der Waals surface area (Å²) in [7, 11) is -4.66. The molecule has 0 unspecified atom stereocenters. The van der Waals surface area contributed by atoms with Crippen LogP contribution in [-0.2, 0) is 15.0 Å². The molecular formula is C6H13NNaO8S.